The molecule has 80 valence electrons. The van der Waals surface area contributed by atoms with Crippen molar-refractivity contribution in [2.24, 2.45) is 0 Å². The van der Waals surface area contributed by atoms with Crippen LogP contribution in [0.15, 0.2) is 55.3 Å². The first-order valence-electron chi connectivity index (χ1n) is 4.76. The molecule has 0 aliphatic rings. The van der Waals surface area contributed by atoms with Crippen LogP contribution >= 0.6 is 0 Å². The molecule has 3 nitrogen and oxygen atoms in total. The fourth-order valence-corrected chi connectivity index (χ4v) is 1.31. The molecular formula is C12H16N2O. The van der Waals surface area contributed by atoms with Gasteiger partial charge in [-0.3, -0.25) is 0 Å². The van der Waals surface area contributed by atoms with Crippen LogP contribution in [0, 0.1) is 0 Å². The van der Waals surface area contributed by atoms with Gasteiger partial charge in [-0.25, -0.2) is 0 Å². The zero-order chi connectivity index (χ0) is 11.1. The van der Waals surface area contributed by atoms with Gasteiger partial charge in [0.25, 0.3) is 0 Å². The molecule has 0 amide bonds. The number of hydrogen-bond donors (Lipinski definition) is 3. The second kappa shape index (κ2) is 6.01. The van der Waals surface area contributed by atoms with Crippen LogP contribution in [0.25, 0.3) is 0 Å². The van der Waals surface area contributed by atoms with Crippen LogP contribution in [0.4, 0.5) is 0 Å². The van der Waals surface area contributed by atoms with Crippen molar-refractivity contribution in [1.29, 1.82) is 0 Å². The molecule has 0 heterocycles. The van der Waals surface area contributed by atoms with E-state index >= 15 is 0 Å². The van der Waals surface area contributed by atoms with Crippen molar-refractivity contribution in [2.75, 3.05) is 6.54 Å². The highest BCUT2D eigenvalue weighted by Gasteiger charge is 2.06. The molecule has 0 bridgehead atoms. The van der Waals surface area contributed by atoms with Gasteiger partial charge in [0.15, 0.2) is 0 Å². The summed E-state index contributed by atoms with van der Waals surface area (Å²) in [7, 11) is 0. The van der Waals surface area contributed by atoms with E-state index in [9.17, 15) is 0 Å². The highest BCUT2D eigenvalue weighted by Crippen LogP contribution is 2.14. The third-order valence-corrected chi connectivity index (χ3v) is 2.05. The predicted molar refractivity (Wildman–Crippen MR) is 61.4 cm³/mol. The van der Waals surface area contributed by atoms with Crippen LogP contribution in [0.5, 0.6) is 0 Å². The topological polar surface area (TPSA) is 44.3 Å². The largest absolute Gasteiger partial charge is 0.377 e. The van der Waals surface area contributed by atoms with Gasteiger partial charge in [-0.1, -0.05) is 43.0 Å². The van der Waals surface area contributed by atoms with Gasteiger partial charge in [0.2, 0.25) is 0 Å². The molecule has 0 aromatic heterocycles. The van der Waals surface area contributed by atoms with Crippen molar-refractivity contribution in [1.82, 2.24) is 10.8 Å². The quantitative estimate of drug-likeness (QED) is 0.490. The molecule has 0 unspecified atom stereocenters. The van der Waals surface area contributed by atoms with Crippen molar-refractivity contribution in [3.63, 3.8) is 0 Å². The molecule has 1 aromatic rings. The smallest absolute Gasteiger partial charge is 0.0692 e. The Morgan fingerprint density at radius 1 is 1.40 bits per heavy atom. The molecule has 0 saturated heterocycles. The second-order valence-corrected chi connectivity index (χ2v) is 3.21. The number of nitrogens with one attached hydrogen (secondary N) is 2. The molecule has 0 radical (unpaired) electrons. The number of hydrogen-bond acceptors (Lipinski definition) is 3. The van der Waals surface area contributed by atoms with E-state index in [1.165, 1.54) is 0 Å². The number of hydroxylamine groups is 1. The van der Waals surface area contributed by atoms with Crippen molar-refractivity contribution in [3.05, 3.63) is 60.8 Å². The summed E-state index contributed by atoms with van der Waals surface area (Å²) in [5.74, 6) is 0. The lowest BCUT2D eigenvalue weighted by molar-refractivity contribution is 0.175. The molecule has 15 heavy (non-hydrogen) atoms. The van der Waals surface area contributed by atoms with E-state index in [0.717, 1.165) is 5.56 Å². The lowest BCUT2D eigenvalue weighted by Gasteiger charge is -2.17. The summed E-state index contributed by atoms with van der Waals surface area (Å²) in [5.41, 5.74) is 3.88. The molecule has 1 atom stereocenters. The van der Waals surface area contributed by atoms with E-state index < -0.39 is 0 Å². The van der Waals surface area contributed by atoms with E-state index in [2.05, 4.69) is 24.0 Å². The molecule has 0 saturated carbocycles. The first-order chi connectivity index (χ1) is 7.27. The van der Waals surface area contributed by atoms with Gasteiger partial charge < -0.3 is 10.5 Å². The van der Waals surface area contributed by atoms with Crippen LogP contribution in [0.3, 0.4) is 0 Å². The normalized spacial score (nSPS) is 11.8. The van der Waals surface area contributed by atoms with Gasteiger partial charge in [-0.15, -0.1) is 6.58 Å². The van der Waals surface area contributed by atoms with Crippen LogP contribution in [0.2, 0.25) is 0 Å². The molecule has 0 fully saturated rings. The minimum absolute atomic E-state index is 0.0204. The Balaban J connectivity index is 2.65. The van der Waals surface area contributed by atoms with E-state index in [0.29, 0.717) is 12.2 Å². The van der Waals surface area contributed by atoms with Gasteiger partial charge >= 0.3 is 0 Å². The monoisotopic (exact) mass is 204 g/mol. The Morgan fingerprint density at radius 2 is 2.07 bits per heavy atom. The Morgan fingerprint density at radius 3 is 2.60 bits per heavy atom. The van der Waals surface area contributed by atoms with Crippen LogP contribution in [-0.2, 0) is 0 Å². The van der Waals surface area contributed by atoms with Gasteiger partial charge in [0.1, 0.15) is 0 Å². The van der Waals surface area contributed by atoms with Crippen molar-refractivity contribution >= 4 is 0 Å². The Labute approximate surface area is 90.1 Å². The average molecular weight is 204 g/mol. The second-order valence-electron chi connectivity index (χ2n) is 3.21. The molecule has 0 aliphatic heterocycles. The zero-order valence-corrected chi connectivity index (χ0v) is 8.61. The third-order valence-electron chi connectivity index (χ3n) is 2.05. The summed E-state index contributed by atoms with van der Waals surface area (Å²) in [4.78, 5) is 0. The SMILES string of the molecule is C=C[C@@H](NC(=C)CNO)c1ccccc1. The lowest BCUT2D eigenvalue weighted by Crippen LogP contribution is -2.25. The minimum Gasteiger partial charge on any atom is -0.377 e. The van der Waals surface area contributed by atoms with Gasteiger partial charge in [0, 0.05) is 5.70 Å². The highest BCUT2D eigenvalue weighted by atomic mass is 16.5. The average Bonchev–Trinajstić information content (AvgIpc) is 2.27. The summed E-state index contributed by atoms with van der Waals surface area (Å²) < 4.78 is 0. The Bertz CT molecular complexity index is 322. The van der Waals surface area contributed by atoms with Crippen LogP contribution in [-0.4, -0.2) is 11.8 Å². The van der Waals surface area contributed by atoms with Crippen LogP contribution < -0.4 is 10.8 Å². The summed E-state index contributed by atoms with van der Waals surface area (Å²) >= 11 is 0. The number of benzene rings is 1. The Hall–Kier alpha value is -1.58. The van der Waals surface area contributed by atoms with E-state index in [1.807, 2.05) is 30.3 Å². The summed E-state index contributed by atoms with van der Waals surface area (Å²) in [6.45, 7) is 7.86. The molecule has 0 spiro atoms. The van der Waals surface area contributed by atoms with Crippen molar-refractivity contribution in [3.8, 4) is 0 Å². The maximum Gasteiger partial charge on any atom is 0.0692 e. The van der Waals surface area contributed by atoms with Crippen LogP contribution in [0.1, 0.15) is 11.6 Å². The minimum atomic E-state index is 0.0204. The van der Waals surface area contributed by atoms with E-state index in [-0.39, 0.29) is 6.04 Å². The molecule has 3 N–H and O–H groups in total. The van der Waals surface area contributed by atoms with E-state index in [1.54, 1.807) is 6.08 Å². The number of rotatable bonds is 6. The predicted octanol–water partition coefficient (Wildman–Crippen LogP) is 2.00. The molecule has 0 aliphatic carbocycles. The molecule has 3 heteroatoms. The first-order valence-corrected chi connectivity index (χ1v) is 4.76. The summed E-state index contributed by atoms with van der Waals surface area (Å²) in [6, 6.07) is 9.96. The van der Waals surface area contributed by atoms with Crippen molar-refractivity contribution < 1.29 is 5.21 Å². The van der Waals surface area contributed by atoms with E-state index in [4.69, 9.17) is 5.21 Å². The fourth-order valence-electron chi connectivity index (χ4n) is 1.31. The molecular weight excluding hydrogens is 188 g/mol. The third kappa shape index (κ3) is 3.58. The van der Waals surface area contributed by atoms with Crippen molar-refractivity contribution in [2.45, 2.75) is 6.04 Å². The fraction of sp³-hybridized carbons (Fsp3) is 0.167. The highest BCUT2D eigenvalue weighted by molar-refractivity contribution is 5.23. The standard InChI is InChI=1S/C12H16N2O/c1-3-12(14-10(2)9-13-15)11-7-5-4-6-8-11/h3-8,12-15H,1-2,9H2/t12-/m1/s1. The maximum absolute atomic E-state index is 8.52. The van der Waals surface area contributed by atoms with Gasteiger partial charge in [-0.2, -0.15) is 5.48 Å². The molecule has 1 aromatic carbocycles. The maximum atomic E-state index is 8.52. The van der Waals surface area contributed by atoms with Gasteiger partial charge in [0.05, 0.1) is 12.6 Å². The Kier molecular flexibility index (Phi) is 4.60. The summed E-state index contributed by atoms with van der Waals surface area (Å²) in [6.07, 6.45) is 1.80. The lowest BCUT2D eigenvalue weighted by atomic mass is 10.1. The first kappa shape index (κ1) is 11.5. The summed E-state index contributed by atoms with van der Waals surface area (Å²) in [5, 5.41) is 11.7. The molecule has 1 rings (SSSR count). The zero-order valence-electron chi connectivity index (χ0n) is 8.61. The van der Waals surface area contributed by atoms with Gasteiger partial charge in [-0.05, 0) is 5.56 Å².